The molecule has 0 saturated carbocycles. The van der Waals surface area contributed by atoms with Crippen LogP contribution in [0.1, 0.15) is 24.0 Å². The first kappa shape index (κ1) is 14.9. The molecule has 0 amide bonds. The van der Waals surface area contributed by atoms with Crippen LogP contribution in [0.4, 0.5) is 0 Å². The summed E-state index contributed by atoms with van der Waals surface area (Å²) in [7, 11) is 0. The van der Waals surface area contributed by atoms with E-state index in [1.165, 1.54) is 6.08 Å². The number of carboxylic acid groups (broad SMARTS) is 1. The molecule has 1 atom stereocenters. The van der Waals surface area contributed by atoms with E-state index in [2.05, 4.69) is 0 Å². The molecular weight excluding hydrogens is 264 g/mol. The van der Waals surface area contributed by atoms with Crippen molar-refractivity contribution in [1.29, 1.82) is 0 Å². The molecule has 1 unspecified atom stereocenters. The highest BCUT2D eigenvalue weighted by Gasteiger charge is 2.11. The smallest absolute Gasteiger partial charge is 0.328 e. The molecule has 0 radical (unpaired) electrons. The van der Waals surface area contributed by atoms with E-state index in [1.54, 1.807) is 6.08 Å². The molecule has 0 bridgehead atoms. The van der Waals surface area contributed by atoms with Gasteiger partial charge in [-0.25, -0.2) is 4.79 Å². The number of allylic oxidation sites excluding steroid dienone is 1. The van der Waals surface area contributed by atoms with Crippen molar-refractivity contribution in [2.45, 2.75) is 12.8 Å². The van der Waals surface area contributed by atoms with E-state index < -0.39 is 5.97 Å². The van der Waals surface area contributed by atoms with Gasteiger partial charge in [0.2, 0.25) is 0 Å². The third kappa shape index (κ3) is 4.21. The van der Waals surface area contributed by atoms with Crippen LogP contribution in [0.25, 0.3) is 0 Å². The molecule has 0 heterocycles. The summed E-state index contributed by atoms with van der Waals surface area (Å²) in [6.45, 7) is 2.57. The van der Waals surface area contributed by atoms with Crippen molar-refractivity contribution in [3.05, 3.63) is 77.9 Å². The van der Waals surface area contributed by atoms with Crippen molar-refractivity contribution >= 4 is 5.97 Å². The lowest BCUT2D eigenvalue weighted by Gasteiger charge is -2.14. The summed E-state index contributed by atoms with van der Waals surface area (Å²) in [5.74, 6) is -0.213. The lowest BCUT2D eigenvalue weighted by Crippen LogP contribution is -2.00. The van der Waals surface area contributed by atoms with Gasteiger partial charge in [0.25, 0.3) is 0 Å². The maximum atomic E-state index is 10.8. The Morgan fingerprint density at radius 1 is 1.10 bits per heavy atom. The summed E-state index contributed by atoms with van der Waals surface area (Å²) in [4.78, 5) is 10.8. The van der Waals surface area contributed by atoms with Gasteiger partial charge in [0, 0.05) is 12.0 Å². The first-order valence-electron chi connectivity index (χ1n) is 6.89. The monoisotopic (exact) mass is 282 g/mol. The van der Waals surface area contributed by atoms with E-state index in [0.717, 1.165) is 16.9 Å². The van der Waals surface area contributed by atoms with Gasteiger partial charge in [0.1, 0.15) is 5.75 Å². The molecule has 1 N–H and O–H groups in total. The summed E-state index contributed by atoms with van der Waals surface area (Å²) in [5, 5.41) is 8.86. The number of benzene rings is 2. The summed E-state index contributed by atoms with van der Waals surface area (Å²) in [5.41, 5.74) is 2.08. The highest BCUT2D eigenvalue weighted by Crippen LogP contribution is 2.27. The van der Waals surface area contributed by atoms with Crippen molar-refractivity contribution in [2.24, 2.45) is 0 Å². The Morgan fingerprint density at radius 3 is 2.29 bits per heavy atom. The van der Waals surface area contributed by atoms with Crippen LogP contribution in [-0.4, -0.2) is 17.7 Å². The van der Waals surface area contributed by atoms with Crippen molar-refractivity contribution in [2.75, 3.05) is 6.61 Å². The van der Waals surface area contributed by atoms with Gasteiger partial charge in [-0.3, -0.25) is 0 Å². The highest BCUT2D eigenvalue weighted by molar-refractivity contribution is 5.80. The van der Waals surface area contributed by atoms with E-state index in [9.17, 15) is 4.79 Å². The summed E-state index contributed by atoms with van der Waals surface area (Å²) in [6.07, 6.45) is 2.89. The molecule has 2 aromatic carbocycles. The molecule has 3 nitrogen and oxygen atoms in total. The second-order valence-electron chi connectivity index (χ2n) is 4.59. The minimum absolute atomic E-state index is 0.0852. The Morgan fingerprint density at radius 2 is 1.71 bits per heavy atom. The fraction of sp³-hybridized carbons (Fsp3) is 0.167. The molecule has 0 aliphatic heterocycles. The lowest BCUT2D eigenvalue weighted by molar-refractivity contribution is -0.131. The predicted molar refractivity (Wildman–Crippen MR) is 82.7 cm³/mol. The van der Waals surface area contributed by atoms with Gasteiger partial charge in [-0.05, 0) is 30.2 Å². The van der Waals surface area contributed by atoms with Crippen molar-refractivity contribution < 1.29 is 14.6 Å². The lowest BCUT2D eigenvalue weighted by atomic mass is 9.91. The number of ether oxygens (including phenoxy) is 1. The molecule has 3 heteroatoms. The number of hydrogen-bond acceptors (Lipinski definition) is 2. The SMILES string of the molecule is CCOc1ccc(C(/C=C/C(=O)O)c2ccccc2)cc1. The van der Waals surface area contributed by atoms with Crippen LogP contribution in [0.2, 0.25) is 0 Å². The molecule has 108 valence electrons. The molecule has 0 fully saturated rings. The van der Waals surface area contributed by atoms with E-state index in [1.807, 2.05) is 61.5 Å². The fourth-order valence-electron chi connectivity index (χ4n) is 2.19. The highest BCUT2D eigenvalue weighted by atomic mass is 16.5. The third-order valence-corrected chi connectivity index (χ3v) is 3.14. The van der Waals surface area contributed by atoms with Crippen LogP contribution in [0, 0.1) is 0 Å². The molecule has 21 heavy (non-hydrogen) atoms. The minimum Gasteiger partial charge on any atom is -0.494 e. The fourth-order valence-corrected chi connectivity index (χ4v) is 2.19. The molecule has 0 spiro atoms. The Kier molecular flexibility index (Phi) is 5.16. The second kappa shape index (κ2) is 7.29. The van der Waals surface area contributed by atoms with E-state index in [0.29, 0.717) is 6.61 Å². The van der Waals surface area contributed by atoms with Gasteiger partial charge < -0.3 is 9.84 Å². The van der Waals surface area contributed by atoms with Gasteiger partial charge in [0.05, 0.1) is 6.61 Å². The standard InChI is InChI=1S/C18H18O3/c1-2-21-16-10-8-15(9-11-16)17(12-13-18(19)20)14-6-4-3-5-7-14/h3-13,17H,2H2,1H3,(H,19,20)/b13-12+. The zero-order valence-corrected chi connectivity index (χ0v) is 11.9. The Hall–Kier alpha value is -2.55. The number of hydrogen-bond donors (Lipinski definition) is 1. The van der Waals surface area contributed by atoms with Crippen molar-refractivity contribution in [1.82, 2.24) is 0 Å². The zero-order chi connectivity index (χ0) is 15.1. The van der Waals surface area contributed by atoms with Gasteiger partial charge in [-0.15, -0.1) is 0 Å². The Bertz CT molecular complexity index is 600. The van der Waals surface area contributed by atoms with E-state index in [-0.39, 0.29) is 5.92 Å². The zero-order valence-electron chi connectivity index (χ0n) is 11.9. The van der Waals surface area contributed by atoms with Crippen LogP contribution in [0.5, 0.6) is 5.75 Å². The third-order valence-electron chi connectivity index (χ3n) is 3.14. The normalized spacial score (nSPS) is 12.2. The Balaban J connectivity index is 2.33. The predicted octanol–water partition coefficient (Wildman–Crippen LogP) is 3.86. The van der Waals surface area contributed by atoms with Crippen LogP contribution >= 0.6 is 0 Å². The quantitative estimate of drug-likeness (QED) is 0.818. The number of aliphatic carboxylic acids is 1. The summed E-state index contributed by atoms with van der Waals surface area (Å²) < 4.78 is 5.43. The maximum Gasteiger partial charge on any atom is 0.328 e. The molecule has 0 saturated heterocycles. The topological polar surface area (TPSA) is 46.5 Å². The second-order valence-corrected chi connectivity index (χ2v) is 4.59. The van der Waals surface area contributed by atoms with Crippen molar-refractivity contribution in [3.63, 3.8) is 0 Å². The number of carbonyl (C=O) groups is 1. The average Bonchev–Trinajstić information content (AvgIpc) is 2.50. The largest absolute Gasteiger partial charge is 0.494 e. The van der Waals surface area contributed by atoms with Gasteiger partial charge in [0.15, 0.2) is 0 Å². The van der Waals surface area contributed by atoms with Crippen LogP contribution in [0.3, 0.4) is 0 Å². The van der Waals surface area contributed by atoms with E-state index >= 15 is 0 Å². The van der Waals surface area contributed by atoms with Crippen LogP contribution < -0.4 is 4.74 Å². The molecule has 0 aromatic heterocycles. The van der Waals surface area contributed by atoms with Gasteiger partial charge in [-0.2, -0.15) is 0 Å². The van der Waals surface area contributed by atoms with Gasteiger partial charge in [-0.1, -0.05) is 48.5 Å². The molecule has 0 aliphatic carbocycles. The number of rotatable bonds is 6. The molecule has 2 rings (SSSR count). The van der Waals surface area contributed by atoms with Gasteiger partial charge >= 0.3 is 5.97 Å². The summed E-state index contributed by atoms with van der Waals surface area (Å²) in [6, 6.07) is 17.6. The van der Waals surface area contributed by atoms with Crippen LogP contribution in [-0.2, 0) is 4.79 Å². The van der Waals surface area contributed by atoms with Crippen molar-refractivity contribution in [3.8, 4) is 5.75 Å². The molecule has 2 aromatic rings. The first-order valence-corrected chi connectivity index (χ1v) is 6.89. The minimum atomic E-state index is -0.943. The maximum absolute atomic E-state index is 10.8. The average molecular weight is 282 g/mol. The molecule has 0 aliphatic rings. The summed E-state index contributed by atoms with van der Waals surface area (Å²) >= 11 is 0. The van der Waals surface area contributed by atoms with E-state index in [4.69, 9.17) is 9.84 Å². The Labute approximate surface area is 124 Å². The first-order chi connectivity index (χ1) is 10.2. The molecular formula is C18H18O3. The number of carboxylic acids is 1. The van der Waals surface area contributed by atoms with Crippen LogP contribution in [0.15, 0.2) is 66.7 Å².